The van der Waals surface area contributed by atoms with Gasteiger partial charge >= 0.3 is 11.1 Å². The van der Waals surface area contributed by atoms with Gasteiger partial charge in [0, 0.05) is 36.6 Å². The summed E-state index contributed by atoms with van der Waals surface area (Å²) in [6.45, 7) is -0.292. The summed E-state index contributed by atoms with van der Waals surface area (Å²) in [7, 11) is -4.60. The van der Waals surface area contributed by atoms with E-state index >= 15 is 0 Å². The second-order valence-electron chi connectivity index (χ2n) is 5.76. The first-order valence-electron chi connectivity index (χ1n) is 7.70. The van der Waals surface area contributed by atoms with Crippen LogP contribution in [0.2, 0.25) is 0 Å². The first kappa shape index (κ1) is 19.3. The van der Waals surface area contributed by atoms with Crippen LogP contribution < -0.4 is 16.4 Å². The number of aromatic nitrogens is 3. The predicted octanol–water partition coefficient (Wildman–Crippen LogP) is 0.196. The number of benzene rings is 1. The molecule has 1 unspecified atom stereocenters. The molecule has 3 aromatic rings. The summed E-state index contributed by atoms with van der Waals surface area (Å²) in [5.74, 6) is 0. The van der Waals surface area contributed by atoms with Crippen molar-refractivity contribution in [3.05, 3.63) is 78.6 Å². The van der Waals surface area contributed by atoms with E-state index in [0.717, 1.165) is 12.1 Å². The molecule has 0 radical (unpaired) electrons. The topological polar surface area (TPSA) is 188 Å². The molecule has 0 aliphatic rings. The number of nitrogens with one attached hydrogen (secondary N) is 3. The number of nitro benzene ring substituents is 1. The number of H-pyrrole nitrogens is 2. The maximum atomic E-state index is 11.7. The van der Waals surface area contributed by atoms with E-state index in [1.807, 2.05) is 0 Å². The Morgan fingerprint density at radius 1 is 1.25 bits per heavy atom. The Hall–Kier alpha value is -3.42. The number of hydrogen-bond acceptors (Lipinski definition) is 8. The highest BCUT2D eigenvalue weighted by molar-refractivity contribution is 7.86. The lowest BCUT2D eigenvalue weighted by atomic mass is 10.1. The molecule has 0 saturated carbocycles. The summed E-state index contributed by atoms with van der Waals surface area (Å²) in [5, 5.41) is 12.1. The van der Waals surface area contributed by atoms with Crippen molar-refractivity contribution in [2.24, 2.45) is 0 Å². The Morgan fingerprint density at radius 3 is 2.57 bits per heavy atom. The minimum absolute atomic E-state index is 0.000355. The van der Waals surface area contributed by atoms with Crippen LogP contribution >= 0.6 is 0 Å². The van der Waals surface area contributed by atoms with Gasteiger partial charge in [-0.3, -0.25) is 34.6 Å². The van der Waals surface area contributed by atoms with E-state index in [4.69, 9.17) is 0 Å². The lowest BCUT2D eigenvalue weighted by molar-refractivity contribution is -0.384. The quantitative estimate of drug-likeness (QED) is 0.191. The van der Waals surface area contributed by atoms with E-state index in [-0.39, 0.29) is 34.4 Å². The zero-order valence-electron chi connectivity index (χ0n) is 13.9. The average molecular weight is 407 g/mol. The summed E-state index contributed by atoms with van der Waals surface area (Å²) in [4.78, 5) is 41.9. The van der Waals surface area contributed by atoms with E-state index in [9.17, 15) is 32.7 Å². The average Bonchev–Trinajstić information content (AvgIpc) is 2.62. The molecule has 1 atom stereocenters. The summed E-state index contributed by atoms with van der Waals surface area (Å²) in [5.41, 5.74) is -1.98. The van der Waals surface area contributed by atoms with E-state index in [1.54, 1.807) is 0 Å². The van der Waals surface area contributed by atoms with Gasteiger partial charge in [-0.1, -0.05) is 6.07 Å². The Morgan fingerprint density at radius 2 is 1.96 bits per heavy atom. The molecule has 146 valence electrons. The molecular formula is C15H13N5O7S. The zero-order valence-corrected chi connectivity index (χ0v) is 14.8. The van der Waals surface area contributed by atoms with Crippen molar-refractivity contribution in [2.45, 2.75) is 11.9 Å². The Balaban J connectivity index is 2.07. The molecule has 13 heteroatoms. The van der Waals surface area contributed by atoms with Gasteiger partial charge < -0.3 is 9.97 Å². The zero-order chi connectivity index (χ0) is 20.5. The molecule has 0 spiro atoms. The van der Waals surface area contributed by atoms with Crippen LogP contribution in [0.15, 0.2) is 46.2 Å². The van der Waals surface area contributed by atoms with Gasteiger partial charge in [-0.15, -0.1) is 0 Å². The van der Waals surface area contributed by atoms with E-state index in [0.29, 0.717) is 0 Å². The number of aromatic amines is 2. The monoisotopic (exact) mass is 407 g/mol. The molecule has 2 heterocycles. The number of rotatable bonds is 6. The fourth-order valence-corrected chi connectivity index (χ4v) is 3.43. The number of hydrogen-bond donors (Lipinski definition) is 4. The highest BCUT2D eigenvalue weighted by Gasteiger charge is 2.25. The van der Waals surface area contributed by atoms with E-state index in [1.165, 1.54) is 24.5 Å². The van der Waals surface area contributed by atoms with Crippen LogP contribution in [-0.2, 0) is 16.7 Å². The highest BCUT2D eigenvalue weighted by Crippen LogP contribution is 2.23. The van der Waals surface area contributed by atoms with Crippen LogP contribution in [0.4, 0.5) is 5.69 Å². The van der Waals surface area contributed by atoms with E-state index in [2.05, 4.69) is 20.3 Å². The number of nitro groups is 1. The first-order chi connectivity index (χ1) is 13.2. The molecule has 1 aromatic carbocycles. The van der Waals surface area contributed by atoms with Gasteiger partial charge in [0.25, 0.3) is 15.8 Å². The molecular weight excluding hydrogens is 394 g/mol. The van der Waals surface area contributed by atoms with Crippen LogP contribution in [0, 0.1) is 10.1 Å². The molecule has 3 rings (SSSR count). The third-order valence-corrected chi connectivity index (χ3v) is 4.91. The van der Waals surface area contributed by atoms with Gasteiger partial charge in [0.15, 0.2) is 5.37 Å². The third kappa shape index (κ3) is 3.95. The van der Waals surface area contributed by atoms with Crippen molar-refractivity contribution < 1.29 is 17.9 Å². The second-order valence-corrected chi connectivity index (χ2v) is 7.26. The van der Waals surface area contributed by atoms with Crippen molar-refractivity contribution in [3.63, 3.8) is 0 Å². The molecule has 0 fully saturated rings. The van der Waals surface area contributed by atoms with Gasteiger partial charge in [0.1, 0.15) is 0 Å². The molecule has 0 aliphatic carbocycles. The molecule has 0 amide bonds. The van der Waals surface area contributed by atoms with Crippen molar-refractivity contribution >= 4 is 26.8 Å². The molecule has 28 heavy (non-hydrogen) atoms. The summed E-state index contributed by atoms with van der Waals surface area (Å²) >= 11 is 0. The second kappa shape index (κ2) is 7.30. The summed E-state index contributed by atoms with van der Waals surface area (Å²) in [6, 6.07) is 5.08. The smallest absolute Gasteiger partial charge is 0.314 e. The van der Waals surface area contributed by atoms with Crippen LogP contribution in [0.5, 0.6) is 0 Å². The van der Waals surface area contributed by atoms with E-state index < -0.39 is 31.5 Å². The molecule has 0 bridgehead atoms. The lowest BCUT2D eigenvalue weighted by Gasteiger charge is -2.16. The number of pyridine rings is 1. The van der Waals surface area contributed by atoms with Crippen LogP contribution in [0.25, 0.3) is 11.0 Å². The number of non-ortho nitro benzene ring substituents is 1. The van der Waals surface area contributed by atoms with Crippen LogP contribution in [0.1, 0.15) is 16.5 Å². The van der Waals surface area contributed by atoms with Crippen LogP contribution in [-0.4, -0.2) is 32.8 Å². The van der Waals surface area contributed by atoms with Crippen molar-refractivity contribution in [1.82, 2.24) is 20.3 Å². The van der Waals surface area contributed by atoms with Crippen molar-refractivity contribution in [3.8, 4) is 0 Å². The summed E-state index contributed by atoms with van der Waals surface area (Å²) in [6.07, 6.45) is 2.65. The Kier molecular flexibility index (Phi) is 5.04. The van der Waals surface area contributed by atoms with Gasteiger partial charge in [-0.2, -0.15) is 8.42 Å². The first-order valence-corrected chi connectivity index (χ1v) is 9.20. The highest BCUT2D eigenvalue weighted by atomic mass is 32.2. The maximum Gasteiger partial charge on any atom is 0.314 e. The molecule has 2 aromatic heterocycles. The Labute approximate surface area is 156 Å². The van der Waals surface area contributed by atoms with Crippen molar-refractivity contribution in [2.75, 3.05) is 0 Å². The maximum absolute atomic E-state index is 11.7. The van der Waals surface area contributed by atoms with Crippen LogP contribution in [0.3, 0.4) is 0 Å². The van der Waals surface area contributed by atoms with Gasteiger partial charge in [-0.05, 0) is 11.6 Å². The summed E-state index contributed by atoms with van der Waals surface area (Å²) < 4.78 is 33.0. The fraction of sp³-hybridized carbons (Fsp3) is 0.133. The SMILES string of the molecule is O=c1[nH]c2cc([N+](=O)[O-])cc(CNC(c3cccnc3)S(=O)(=O)O)c2[nH]c1=O. The van der Waals surface area contributed by atoms with Gasteiger partial charge in [0.05, 0.1) is 16.0 Å². The Bertz CT molecular complexity index is 1270. The minimum atomic E-state index is -4.60. The fourth-order valence-electron chi connectivity index (χ4n) is 2.65. The molecule has 0 aliphatic heterocycles. The normalized spacial score (nSPS) is 12.8. The lowest BCUT2D eigenvalue weighted by Crippen LogP contribution is -2.31. The molecule has 12 nitrogen and oxygen atoms in total. The van der Waals surface area contributed by atoms with Crippen molar-refractivity contribution in [1.29, 1.82) is 0 Å². The standard InChI is InChI=1S/C15H13N5O7S/c21-13-14(22)19-12-9(4-10(20(23)24)5-11(12)18-13)7-17-15(28(25,26)27)8-2-1-3-16-6-8/h1-6,15,17H,7H2,(H,18,21)(H,19,22)(H,25,26,27). The minimum Gasteiger partial charge on any atom is -0.316 e. The largest absolute Gasteiger partial charge is 0.316 e. The molecule has 4 N–H and O–H groups in total. The predicted molar refractivity (Wildman–Crippen MR) is 97.2 cm³/mol. The number of nitrogens with zero attached hydrogens (tertiary/aromatic N) is 2. The van der Waals surface area contributed by atoms with Gasteiger partial charge in [0.2, 0.25) is 0 Å². The van der Waals surface area contributed by atoms with Gasteiger partial charge in [-0.25, -0.2) is 0 Å². The molecule has 0 saturated heterocycles. The number of fused-ring (bicyclic) bond motifs is 1. The third-order valence-electron chi connectivity index (χ3n) is 3.87.